The summed E-state index contributed by atoms with van der Waals surface area (Å²) < 4.78 is 0. The van der Waals surface area contributed by atoms with Crippen molar-refractivity contribution in [1.82, 2.24) is 5.32 Å². The zero-order chi connectivity index (χ0) is 13.3. The van der Waals surface area contributed by atoms with E-state index in [9.17, 15) is 9.59 Å². The highest BCUT2D eigenvalue weighted by Gasteiger charge is 2.45. The minimum atomic E-state index is -0.847. The van der Waals surface area contributed by atoms with Crippen LogP contribution in [0.25, 0.3) is 0 Å². The van der Waals surface area contributed by atoms with E-state index in [1.165, 1.54) is 0 Å². The van der Waals surface area contributed by atoms with E-state index in [-0.39, 0.29) is 17.9 Å². The van der Waals surface area contributed by atoms with E-state index < -0.39 is 17.4 Å². The molecular weight excluding hydrogens is 232 g/mol. The van der Waals surface area contributed by atoms with Gasteiger partial charge in [0.2, 0.25) is 5.91 Å². The molecule has 5 nitrogen and oxygen atoms in total. The Kier molecular flexibility index (Phi) is 3.61. The number of carboxylic acid groups (broad SMARTS) is 1. The van der Waals surface area contributed by atoms with Crippen LogP contribution in [0.4, 0.5) is 0 Å². The summed E-state index contributed by atoms with van der Waals surface area (Å²) in [6.45, 7) is 1.75. The predicted molar refractivity (Wildman–Crippen MR) is 66.8 cm³/mol. The molecule has 2 rings (SSSR count). The zero-order valence-electron chi connectivity index (χ0n) is 10.8. The lowest BCUT2D eigenvalue weighted by Crippen LogP contribution is -2.57. The van der Waals surface area contributed by atoms with Crippen molar-refractivity contribution < 1.29 is 14.7 Å². The van der Waals surface area contributed by atoms with Crippen LogP contribution in [0.5, 0.6) is 0 Å². The number of aliphatic carboxylic acids is 1. The van der Waals surface area contributed by atoms with Gasteiger partial charge in [-0.1, -0.05) is 12.8 Å². The SMILES string of the molecule is CC(N)(C(=O)NC1CCCCC1C(=O)O)C1CC1. The summed E-state index contributed by atoms with van der Waals surface area (Å²) >= 11 is 0. The van der Waals surface area contributed by atoms with Crippen LogP contribution in [-0.4, -0.2) is 28.6 Å². The zero-order valence-corrected chi connectivity index (χ0v) is 10.8. The van der Waals surface area contributed by atoms with Gasteiger partial charge in [0.1, 0.15) is 0 Å². The van der Waals surface area contributed by atoms with E-state index in [0.717, 1.165) is 32.1 Å². The highest BCUT2D eigenvalue weighted by Crippen LogP contribution is 2.38. The molecule has 2 saturated carbocycles. The van der Waals surface area contributed by atoms with Crippen molar-refractivity contribution in [3.05, 3.63) is 0 Å². The molecule has 0 bridgehead atoms. The number of rotatable bonds is 4. The third-order valence-electron chi connectivity index (χ3n) is 4.31. The number of nitrogens with two attached hydrogens (primary N) is 1. The van der Waals surface area contributed by atoms with Crippen LogP contribution in [0.1, 0.15) is 45.4 Å². The predicted octanol–water partition coefficient (Wildman–Crippen LogP) is 0.873. The van der Waals surface area contributed by atoms with Crippen molar-refractivity contribution in [1.29, 1.82) is 0 Å². The van der Waals surface area contributed by atoms with Crippen molar-refractivity contribution in [2.75, 3.05) is 0 Å². The van der Waals surface area contributed by atoms with Crippen LogP contribution < -0.4 is 11.1 Å². The molecule has 4 N–H and O–H groups in total. The molecule has 1 amide bonds. The molecule has 2 aliphatic rings. The summed E-state index contributed by atoms with van der Waals surface area (Å²) in [4.78, 5) is 23.3. The van der Waals surface area contributed by atoms with Crippen LogP contribution in [0.15, 0.2) is 0 Å². The molecule has 0 aromatic carbocycles. The molecule has 2 fully saturated rings. The average molecular weight is 254 g/mol. The van der Waals surface area contributed by atoms with Gasteiger partial charge in [-0.2, -0.15) is 0 Å². The first-order chi connectivity index (χ1) is 8.43. The maximum absolute atomic E-state index is 12.2. The van der Waals surface area contributed by atoms with Crippen LogP contribution in [0.2, 0.25) is 0 Å². The maximum atomic E-state index is 12.2. The van der Waals surface area contributed by atoms with Crippen molar-refractivity contribution in [3.63, 3.8) is 0 Å². The number of hydrogen-bond acceptors (Lipinski definition) is 3. The lowest BCUT2D eigenvalue weighted by molar-refractivity contribution is -0.144. The molecule has 0 aromatic rings. The lowest BCUT2D eigenvalue weighted by atomic mass is 9.83. The van der Waals surface area contributed by atoms with E-state index in [4.69, 9.17) is 10.8 Å². The fourth-order valence-corrected chi connectivity index (χ4v) is 2.79. The van der Waals surface area contributed by atoms with Crippen molar-refractivity contribution in [2.24, 2.45) is 17.6 Å². The Hall–Kier alpha value is -1.10. The van der Waals surface area contributed by atoms with E-state index in [2.05, 4.69) is 5.32 Å². The number of carbonyl (C=O) groups excluding carboxylic acids is 1. The molecule has 2 aliphatic carbocycles. The quantitative estimate of drug-likeness (QED) is 0.694. The summed E-state index contributed by atoms with van der Waals surface area (Å²) in [5.41, 5.74) is 5.20. The molecule has 0 aliphatic heterocycles. The van der Waals surface area contributed by atoms with Gasteiger partial charge in [-0.05, 0) is 38.5 Å². The molecule has 18 heavy (non-hydrogen) atoms. The average Bonchev–Trinajstić information content (AvgIpc) is 3.13. The summed E-state index contributed by atoms with van der Waals surface area (Å²) in [6, 6.07) is -0.259. The number of amides is 1. The molecular formula is C13H22N2O3. The normalized spacial score (nSPS) is 31.4. The fraction of sp³-hybridized carbons (Fsp3) is 0.846. The fourth-order valence-electron chi connectivity index (χ4n) is 2.79. The first-order valence-corrected chi connectivity index (χ1v) is 6.75. The first-order valence-electron chi connectivity index (χ1n) is 6.75. The topological polar surface area (TPSA) is 92.4 Å². The van der Waals surface area contributed by atoms with Crippen molar-refractivity contribution >= 4 is 11.9 Å². The van der Waals surface area contributed by atoms with Gasteiger partial charge in [0.25, 0.3) is 0 Å². The van der Waals surface area contributed by atoms with Crippen molar-refractivity contribution in [2.45, 2.75) is 57.0 Å². The number of hydrogen-bond donors (Lipinski definition) is 3. The third kappa shape index (κ3) is 2.66. The van der Waals surface area contributed by atoms with Gasteiger partial charge in [-0.15, -0.1) is 0 Å². The first kappa shape index (κ1) is 13.3. The van der Waals surface area contributed by atoms with Gasteiger partial charge in [0, 0.05) is 6.04 Å². The Balaban J connectivity index is 1.98. The minimum absolute atomic E-state index is 0.192. The van der Waals surface area contributed by atoms with Gasteiger partial charge in [0.05, 0.1) is 11.5 Å². The van der Waals surface area contributed by atoms with Crippen LogP contribution in [0, 0.1) is 11.8 Å². The molecule has 0 spiro atoms. The second kappa shape index (κ2) is 4.88. The maximum Gasteiger partial charge on any atom is 0.308 e. The largest absolute Gasteiger partial charge is 0.481 e. The number of carboxylic acids is 1. The molecule has 0 heterocycles. The Morgan fingerprint density at radius 3 is 2.39 bits per heavy atom. The number of nitrogens with one attached hydrogen (secondary N) is 1. The van der Waals surface area contributed by atoms with Gasteiger partial charge in [-0.3, -0.25) is 9.59 Å². The highest BCUT2D eigenvalue weighted by atomic mass is 16.4. The van der Waals surface area contributed by atoms with Crippen LogP contribution >= 0.6 is 0 Å². The molecule has 102 valence electrons. The lowest BCUT2D eigenvalue weighted by Gasteiger charge is -2.32. The van der Waals surface area contributed by atoms with Crippen LogP contribution in [-0.2, 0) is 9.59 Å². The Labute approximate surface area is 107 Å². The summed E-state index contributed by atoms with van der Waals surface area (Å²) in [6.07, 6.45) is 5.26. The smallest absolute Gasteiger partial charge is 0.308 e. The molecule has 5 heteroatoms. The van der Waals surface area contributed by atoms with Gasteiger partial charge < -0.3 is 16.2 Å². The summed E-state index contributed by atoms with van der Waals surface area (Å²) in [5.74, 6) is -1.21. The molecule has 0 saturated heterocycles. The highest BCUT2D eigenvalue weighted by molar-refractivity contribution is 5.87. The Morgan fingerprint density at radius 2 is 1.83 bits per heavy atom. The van der Waals surface area contributed by atoms with E-state index in [0.29, 0.717) is 6.42 Å². The van der Waals surface area contributed by atoms with Gasteiger partial charge >= 0.3 is 5.97 Å². The summed E-state index contributed by atoms with van der Waals surface area (Å²) in [7, 11) is 0. The van der Waals surface area contributed by atoms with E-state index >= 15 is 0 Å². The Morgan fingerprint density at radius 1 is 1.22 bits per heavy atom. The standard InChI is InChI=1S/C13H22N2O3/c1-13(14,8-6-7-8)12(18)15-10-5-3-2-4-9(10)11(16)17/h8-10H,2-7,14H2,1H3,(H,15,18)(H,16,17). The monoisotopic (exact) mass is 254 g/mol. The second-order valence-corrected chi connectivity index (χ2v) is 5.87. The van der Waals surface area contributed by atoms with Crippen LogP contribution in [0.3, 0.4) is 0 Å². The Bertz CT molecular complexity index is 350. The third-order valence-corrected chi connectivity index (χ3v) is 4.31. The molecule has 0 radical (unpaired) electrons. The van der Waals surface area contributed by atoms with Gasteiger partial charge in [0.15, 0.2) is 0 Å². The summed E-state index contributed by atoms with van der Waals surface area (Å²) in [5, 5.41) is 12.0. The van der Waals surface area contributed by atoms with Crippen molar-refractivity contribution in [3.8, 4) is 0 Å². The van der Waals surface area contributed by atoms with E-state index in [1.54, 1.807) is 6.92 Å². The molecule has 0 aromatic heterocycles. The molecule has 3 atom stereocenters. The molecule has 3 unspecified atom stereocenters. The minimum Gasteiger partial charge on any atom is -0.481 e. The van der Waals surface area contributed by atoms with E-state index in [1.807, 2.05) is 0 Å². The van der Waals surface area contributed by atoms with Gasteiger partial charge in [-0.25, -0.2) is 0 Å². The second-order valence-electron chi connectivity index (χ2n) is 5.87. The number of carbonyl (C=O) groups is 2.